The third-order valence-corrected chi connectivity index (χ3v) is 6.62. The molecule has 10 heteroatoms. The summed E-state index contributed by atoms with van der Waals surface area (Å²) in [6.07, 6.45) is 1.52. The number of hydrogen-bond acceptors (Lipinski definition) is 7. The van der Waals surface area contributed by atoms with Gasteiger partial charge in [-0.3, -0.25) is 14.2 Å². The molecular weight excluding hydrogens is 436 g/mol. The minimum Gasteiger partial charge on any atom is -0.467 e. The van der Waals surface area contributed by atoms with Crippen LogP contribution in [0.5, 0.6) is 0 Å². The lowest BCUT2D eigenvalue weighted by molar-refractivity contribution is -0.121. The van der Waals surface area contributed by atoms with E-state index in [0.29, 0.717) is 20.5 Å². The standard InChI is InChI=1S/C21H20N4O4S2/c1-3-30-20-23-18-17(31-20)19(27)25(14-8-6-13(2)7-9-14)21(28)24(18)12-16(26)22-11-15-5-4-10-29-15/h4-10H,3,11-12H2,1-2H3,(H,22,26). The van der Waals surface area contributed by atoms with Gasteiger partial charge in [-0.25, -0.2) is 14.3 Å². The van der Waals surface area contributed by atoms with E-state index in [2.05, 4.69) is 10.3 Å². The first-order valence-corrected chi connectivity index (χ1v) is 11.4. The average molecular weight is 457 g/mol. The molecule has 1 aromatic carbocycles. The van der Waals surface area contributed by atoms with Crippen molar-refractivity contribution in [1.29, 1.82) is 0 Å². The molecule has 1 amide bonds. The van der Waals surface area contributed by atoms with Gasteiger partial charge in [0.1, 0.15) is 17.0 Å². The minimum atomic E-state index is -0.604. The van der Waals surface area contributed by atoms with Gasteiger partial charge in [-0.2, -0.15) is 0 Å². The van der Waals surface area contributed by atoms with E-state index in [9.17, 15) is 14.4 Å². The molecule has 0 aliphatic rings. The molecule has 4 rings (SSSR count). The Labute approximate surface area is 185 Å². The van der Waals surface area contributed by atoms with Crippen molar-refractivity contribution in [1.82, 2.24) is 19.4 Å². The number of carbonyl (C=O) groups excluding carboxylic acids is 1. The molecule has 3 aromatic heterocycles. The predicted octanol–water partition coefficient (Wildman–Crippen LogP) is 2.94. The molecule has 4 aromatic rings. The van der Waals surface area contributed by atoms with Gasteiger partial charge in [0.25, 0.3) is 5.56 Å². The Morgan fingerprint density at radius 2 is 2.00 bits per heavy atom. The zero-order valence-electron chi connectivity index (χ0n) is 17.0. The van der Waals surface area contributed by atoms with Crippen molar-refractivity contribution >= 4 is 39.4 Å². The normalized spacial score (nSPS) is 11.2. The average Bonchev–Trinajstić information content (AvgIpc) is 3.41. The van der Waals surface area contributed by atoms with Crippen LogP contribution in [0.25, 0.3) is 16.0 Å². The van der Waals surface area contributed by atoms with Crippen LogP contribution >= 0.6 is 23.1 Å². The summed E-state index contributed by atoms with van der Waals surface area (Å²) in [6.45, 7) is 3.85. The van der Waals surface area contributed by atoms with Crippen molar-refractivity contribution < 1.29 is 9.21 Å². The van der Waals surface area contributed by atoms with E-state index >= 15 is 0 Å². The largest absolute Gasteiger partial charge is 0.467 e. The number of nitrogens with zero attached hydrogens (tertiary/aromatic N) is 3. The topological polar surface area (TPSA) is 99.1 Å². The van der Waals surface area contributed by atoms with E-state index in [1.807, 2.05) is 26.0 Å². The Hall–Kier alpha value is -3.11. The maximum absolute atomic E-state index is 13.3. The summed E-state index contributed by atoms with van der Waals surface area (Å²) in [7, 11) is 0. The number of fused-ring (bicyclic) bond motifs is 1. The summed E-state index contributed by atoms with van der Waals surface area (Å²) in [4.78, 5) is 43.5. The summed E-state index contributed by atoms with van der Waals surface area (Å²) < 4.78 is 8.59. The van der Waals surface area contributed by atoms with Gasteiger partial charge in [-0.15, -0.1) is 11.3 Å². The fourth-order valence-electron chi connectivity index (χ4n) is 3.06. The Morgan fingerprint density at radius 3 is 2.68 bits per heavy atom. The van der Waals surface area contributed by atoms with E-state index in [0.717, 1.165) is 15.9 Å². The van der Waals surface area contributed by atoms with E-state index in [1.54, 1.807) is 24.3 Å². The molecule has 0 spiro atoms. The lowest BCUT2D eigenvalue weighted by Gasteiger charge is -2.11. The minimum absolute atomic E-state index is 0.204. The third kappa shape index (κ3) is 4.35. The van der Waals surface area contributed by atoms with Gasteiger partial charge in [0.05, 0.1) is 18.5 Å². The first-order chi connectivity index (χ1) is 15.0. The number of aryl methyl sites for hydroxylation is 1. The molecule has 0 bridgehead atoms. The van der Waals surface area contributed by atoms with Gasteiger partial charge in [0.15, 0.2) is 9.99 Å². The number of carbonyl (C=O) groups is 1. The highest BCUT2D eigenvalue weighted by Crippen LogP contribution is 2.27. The number of rotatable bonds is 7. The molecule has 0 saturated heterocycles. The number of furan rings is 1. The predicted molar refractivity (Wildman–Crippen MR) is 121 cm³/mol. The Bertz CT molecular complexity index is 1330. The quantitative estimate of drug-likeness (QED) is 0.429. The highest BCUT2D eigenvalue weighted by molar-refractivity contribution is 8.01. The van der Waals surface area contributed by atoms with Crippen molar-refractivity contribution in [3.05, 3.63) is 74.8 Å². The number of aromatic nitrogens is 3. The van der Waals surface area contributed by atoms with Crippen molar-refractivity contribution in [2.24, 2.45) is 0 Å². The molecule has 0 aliphatic heterocycles. The Morgan fingerprint density at radius 1 is 1.23 bits per heavy atom. The van der Waals surface area contributed by atoms with Crippen LogP contribution in [0.2, 0.25) is 0 Å². The zero-order chi connectivity index (χ0) is 22.0. The second-order valence-corrected chi connectivity index (χ2v) is 9.28. The van der Waals surface area contributed by atoms with Gasteiger partial charge in [0, 0.05) is 0 Å². The number of benzene rings is 1. The van der Waals surface area contributed by atoms with Crippen molar-refractivity contribution in [2.45, 2.75) is 31.3 Å². The van der Waals surface area contributed by atoms with E-state index in [4.69, 9.17) is 4.42 Å². The maximum atomic E-state index is 13.3. The lowest BCUT2D eigenvalue weighted by Crippen LogP contribution is -2.41. The molecule has 3 heterocycles. The molecule has 160 valence electrons. The van der Waals surface area contributed by atoms with Crippen LogP contribution in [0.3, 0.4) is 0 Å². The summed E-state index contributed by atoms with van der Waals surface area (Å²) in [6, 6.07) is 10.6. The number of nitrogens with one attached hydrogen (secondary N) is 1. The summed E-state index contributed by atoms with van der Waals surface area (Å²) in [5.74, 6) is 0.997. The summed E-state index contributed by atoms with van der Waals surface area (Å²) in [5.41, 5.74) is 0.650. The van der Waals surface area contributed by atoms with E-state index in [-0.39, 0.29) is 24.6 Å². The van der Waals surface area contributed by atoms with Crippen LogP contribution < -0.4 is 16.6 Å². The monoisotopic (exact) mass is 456 g/mol. The van der Waals surface area contributed by atoms with E-state index in [1.165, 1.54) is 33.9 Å². The van der Waals surface area contributed by atoms with E-state index < -0.39 is 11.2 Å². The fourth-order valence-corrected chi connectivity index (χ4v) is 5.03. The number of thiazole rings is 1. The summed E-state index contributed by atoms with van der Waals surface area (Å²) in [5, 5.41) is 2.73. The van der Waals surface area contributed by atoms with Crippen LogP contribution in [0.15, 0.2) is 61.0 Å². The number of amides is 1. The van der Waals surface area contributed by atoms with Gasteiger partial charge >= 0.3 is 5.69 Å². The van der Waals surface area contributed by atoms with Crippen LogP contribution in [0.1, 0.15) is 18.2 Å². The second kappa shape index (κ2) is 8.94. The molecule has 0 unspecified atom stereocenters. The number of hydrogen-bond donors (Lipinski definition) is 1. The van der Waals surface area contributed by atoms with Crippen molar-refractivity contribution in [3.63, 3.8) is 0 Å². The van der Waals surface area contributed by atoms with Crippen LogP contribution in [-0.4, -0.2) is 25.8 Å². The molecular formula is C21H20N4O4S2. The molecule has 31 heavy (non-hydrogen) atoms. The van der Waals surface area contributed by atoms with Gasteiger partial charge < -0.3 is 9.73 Å². The van der Waals surface area contributed by atoms with Crippen LogP contribution in [0.4, 0.5) is 0 Å². The first-order valence-electron chi connectivity index (χ1n) is 9.63. The first kappa shape index (κ1) is 21.1. The third-order valence-electron chi connectivity index (χ3n) is 4.57. The molecule has 0 aliphatic carbocycles. The highest BCUT2D eigenvalue weighted by Gasteiger charge is 2.20. The molecule has 1 N–H and O–H groups in total. The summed E-state index contributed by atoms with van der Waals surface area (Å²) >= 11 is 2.72. The lowest BCUT2D eigenvalue weighted by atomic mass is 10.2. The number of thioether (sulfide) groups is 1. The smallest absolute Gasteiger partial charge is 0.337 e. The van der Waals surface area contributed by atoms with Crippen LogP contribution in [0, 0.1) is 6.92 Å². The zero-order valence-corrected chi connectivity index (χ0v) is 18.6. The van der Waals surface area contributed by atoms with Gasteiger partial charge in [0.2, 0.25) is 5.91 Å². The van der Waals surface area contributed by atoms with Crippen molar-refractivity contribution in [3.8, 4) is 5.69 Å². The molecule has 0 saturated carbocycles. The van der Waals surface area contributed by atoms with Crippen LogP contribution in [-0.2, 0) is 17.9 Å². The SMILES string of the molecule is CCSc1nc2c(s1)c(=O)n(-c1ccc(C)cc1)c(=O)n2CC(=O)NCc1ccco1. The van der Waals surface area contributed by atoms with Gasteiger partial charge in [-0.1, -0.05) is 36.4 Å². The Kier molecular flexibility index (Phi) is 6.10. The molecule has 8 nitrogen and oxygen atoms in total. The highest BCUT2D eigenvalue weighted by atomic mass is 32.2. The van der Waals surface area contributed by atoms with Crippen molar-refractivity contribution in [2.75, 3.05) is 5.75 Å². The maximum Gasteiger partial charge on any atom is 0.337 e. The Balaban J connectivity index is 1.79. The molecule has 0 atom stereocenters. The second-order valence-electron chi connectivity index (χ2n) is 6.77. The molecule has 0 radical (unpaired) electrons. The van der Waals surface area contributed by atoms with Gasteiger partial charge in [-0.05, 0) is 36.9 Å². The fraction of sp³-hybridized carbons (Fsp3) is 0.238. The molecule has 0 fully saturated rings.